The number of carbonyl (C=O) groups is 2. The summed E-state index contributed by atoms with van der Waals surface area (Å²) < 4.78 is 5.18. The number of carbonyl (C=O) groups excluding carboxylic acids is 2. The van der Waals surface area contributed by atoms with Crippen LogP contribution >= 0.6 is 0 Å². The van der Waals surface area contributed by atoms with Crippen molar-refractivity contribution in [3.8, 4) is 0 Å². The van der Waals surface area contributed by atoms with E-state index < -0.39 is 0 Å². The standard InChI is InChI=1S/C17H24N4O3/c1-24-11-10-21-15(22)4-2-6-17(21)7-3-9-20(13-17)16(23)14-5-8-18-19-12-14/h5,8,12H,2-4,6-7,9-11,13H2,1H3. The maximum absolute atomic E-state index is 12.8. The number of nitrogens with zero attached hydrogens (tertiary/aromatic N) is 4. The molecule has 2 saturated heterocycles. The maximum Gasteiger partial charge on any atom is 0.255 e. The van der Waals surface area contributed by atoms with Gasteiger partial charge in [0.25, 0.3) is 5.91 Å². The first-order chi connectivity index (χ1) is 11.7. The first-order valence-electron chi connectivity index (χ1n) is 8.52. The summed E-state index contributed by atoms with van der Waals surface area (Å²) in [5.41, 5.74) is 0.301. The van der Waals surface area contributed by atoms with Crippen LogP contribution in [0.15, 0.2) is 18.5 Å². The molecule has 24 heavy (non-hydrogen) atoms. The van der Waals surface area contributed by atoms with Crippen LogP contribution < -0.4 is 0 Å². The van der Waals surface area contributed by atoms with Crippen molar-refractivity contribution in [1.82, 2.24) is 20.0 Å². The normalized spacial score (nSPS) is 24.5. The van der Waals surface area contributed by atoms with Gasteiger partial charge in [-0.3, -0.25) is 9.59 Å². The first kappa shape index (κ1) is 16.8. The summed E-state index contributed by atoms with van der Waals surface area (Å²) in [4.78, 5) is 29.0. The van der Waals surface area contributed by atoms with Crippen molar-refractivity contribution < 1.29 is 14.3 Å². The number of ether oxygens (including phenoxy) is 1. The van der Waals surface area contributed by atoms with Crippen LogP contribution in [0.1, 0.15) is 42.5 Å². The molecule has 0 aromatic carbocycles. The van der Waals surface area contributed by atoms with Gasteiger partial charge >= 0.3 is 0 Å². The van der Waals surface area contributed by atoms with E-state index in [4.69, 9.17) is 4.74 Å². The molecule has 7 heteroatoms. The average molecular weight is 332 g/mol. The fourth-order valence-electron chi connectivity index (χ4n) is 3.96. The van der Waals surface area contributed by atoms with Crippen LogP contribution in [-0.2, 0) is 9.53 Å². The van der Waals surface area contributed by atoms with Crippen molar-refractivity contribution in [3.63, 3.8) is 0 Å². The third-order valence-electron chi connectivity index (χ3n) is 5.10. The number of rotatable bonds is 4. The minimum atomic E-state index is -0.248. The fraction of sp³-hybridized carbons (Fsp3) is 0.647. The molecule has 2 aliphatic heterocycles. The molecule has 2 aliphatic rings. The summed E-state index contributed by atoms with van der Waals surface area (Å²) >= 11 is 0. The molecule has 1 unspecified atom stereocenters. The minimum Gasteiger partial charge on any atom is -0.383 e. The monoisotopic (exact) mass is 332 g/mol. The highest BCUT2D eigenvalue weighted by Gasteiger charge is 2.45. The van der Waals surface area contributed by atoms with Crippen LogP contribution in [0, 0.1) is 0 Å². The van der Waals surface area contributed by atoms with E-state index in [0.717, 1.165) is 32.2 Å². The molecule has 1 atom stereocenters. The van der Waals surface area contributed by atoms with Gasteiger partial charge in [0.05, 0.1) is 30.1 Å². The third-order valence-corrected chi connectivity index (χ3v) is 5.10. The SMILES string of the molecule is COCCN1C(=O)CCCC12CCCN(C(=O)c1ccnnc1)C2. The van der Waals surface area contributed by atoms with Gasteiger partial charge in [-0.1, -0.05) is 0 Å². The van der Waals surface area contributed by atoms with Gasteiger partial charge in [-0.25, -0.2) is 0 Å². The molecular formula is C17H24N4O3. The summed E-state index contributed by atoms with van der Waals surface area (Å²) in [7, 11) is 1.65. The molecule has 1 spiro atoms. The van der Waals surface area contributed by atoms with Crippen LogP contribution in [0.2, 0.25) is 0 Å². The maximum atomic E-state index is 12.8. The Hall–Kier alpha value is -2.02. The van der Waals surface area contributed by atoms with E-state index in [-0.39, 0.29) is 17.4 Å². The van der Waals surface area contributed by atoms with E-state index >= 15 is 0 Å². The predicted molar refractivity (Wildman–Crippen MR) is 87.3 cm³/mol. The first-order valence-corrected chi connectivity index (χ1v) is 8.52. The number of hydrogen-bond donors (Lipinski definition) is 0. The van der Waals surface area contributed by atoms with Crippen LogP contribution in [0.3, 0.4) is 0 Å². The summed E-state index contributed by atoms with van der Waals surface area (Å²) in [6.07, 6.45) is 7.30. The molecule has 1 aromatic rings. The molecule has 3 heterocycles. The van der Waals surface area contributed by atoms with Gasteiger partial charge in [-0.15, -0.1) is 0 Å². The van der Waals surface area contributed by atoms with Gasteiger partial charge in [-0.2, -0.15) is 10.2 Å². The molecular weight excluding hydrogens is 308 g/mol. The van der Waals surface area contributed by atoms with Crippen molar-refractivity contribution in [2.45, 2.75) is 37.6 Å². The molecule has 130 valence electrons. The predicted octanol–water partition coefficient (Wildman–Crippen LogP) is 1.11. The Labute approximate surface area is 142 Å². The second kappa shape index (κ2) is 7.25. The van der Waals surface area contributed by atoms with E-state index in [9.17, 15) is 9.59 Å². The number of piperidine rings is 2. The van der Waals surface area contributed by atoms with Crippen molar-refractivity contribution >= 4 is 11.8 Å². The topological polar surface area (TPSA) is 75.6 Å². The lowest BCUT2D eigenvalue weighted by atomic mass is 9.79. The number of methoxy groups -OCH3 is 1. The molecule has 0 radical (unpaired) electrons. The molecule has 0 bridgehead atoms. The quantitative estimate of drug-likeness (QED) is 0.825. The fourth-order valence-corrected chi connectivity index (χ4v) is 3.96. The molecule has 2 amide bonds. The van der Waals surface area contributed by atoms with Gasteiger partial charge in [0.2, 0.25) is 5.91 Å². The van der Waals surface area contributed by atoms with Crippen LogP contribution in [0.4, 0.5) is 0 Å². The van der Waals surface area contributed by atoms with E-state index in [1.54, 1.807) is 13.2 Å². The summed E-state index contributed by atoms with van der Waals surface area (Å²) in [5.74, 6) is 0.145. The van der Waals surface area contributed by atoms with Gasteiger partial charge < -0.3 is 14.5 Å². The second-order valence-corrected chi connectivity index (χ2v) is 6.58. The molecule has 7 nitrogen and oxygen atoms in total. The zero-order chi connectivity index (χ0) is 17.0. The van der Waals surface area contributed by atoms with E-state index in [1.165, 1.54) is 12.4 Å². The molecule has 0 saturated carbocycles. The lowest BCUT2D eigenvalue weighted by Crippen LogP contribution is -2.63. The Morgan fingerprint density at radius 1 is 1.33 bits per heavy atom. The van der Waals surface area contributed by atoms with Crippen LogP contribution in [0.5, 0.6) is 0 Å². The van der Waals surface area contributed by atoms with Gasteiger partial charge in [0.1, 0.15) is 0 Å². The number of hydrogen-bond acceptors (Lipinski definition) is 5. The van der Waals surface area contributed by atoms with Gasteiger partial charge in [0.15, 0.2) is 0 Å². The Morgan fingerprint density at radius 2 is 2.17 bits per heavy atom. The summed E-state index contributed by atoms with van der Waals surface area (Å²) in [6, 6.07) is 1.69. The Kier molecular flexibility index (Phi) is 5.08. The highest BCUT2D eigenvalue weighted by atomic mass is 16.5. The highest BCUT2D eigenvalue weighted by Crippen LogP contribution is 2.37. The lowest BCUT2D eigenvalue weighted by Gasteiger charge is -2.52. The van der Waals surface area contributed by atoms with Crippen LogP contribution in [-0.4, -0.2) is 70.7 Å². The highest BCUT2D eigenvalue weighted by molar-refractivity contribution is 5.94. The second-order valence-electron chi connectivity index (χ2n) is 6.58. The van der Waals surface area contributed by atoms with Gasteiger partial charge in [0, 0.05) is 33.2 Å². The molecule has 2 fully saturated rings. The van der Waals surface area contributed by atoms with Crippen molar-refractivity contribution in [3.05, 3.63) is 24.0 Å². The van der Waals surface area contributed by atoms with Crippen molar-refractivity contribution in [1.29, 1.82) is 0 Å². The molecule has 0 aliphatic carbocycles. The number of amides is 2. The molecule has 0 N–H and O–H groups in total. The largest absolute Gasteiger partial charge is 0.383 e. The van der Waals surface area contributed by atoms with Crippen molar-refractivity contribution in [2.24, 2.45) is 0 Å². The van der Waals surface area contributed by atoms with E-state index in [1.807, 2.05) is 9.80 Å². The third kappa shape index (κ3) is 3.26. The Morgan fingerprint density at radius 3 is 2.92 bits per heavy atom. The minimum absolute atomic E-state index is 0.0336. The Balaban J connectivity index is 1.79. The molecule has 3 rings (SSSR count). The van der Waals surface area contributed by atoms with Gasteiger partial charge in [-0.05, 0) is 31.7 Å². The number of likely N-dealkylation sites (tertiary alicyclic amines) is 2. The lowest BCUT2D eigenvalue weighted by molar-refractivity contribution is -0.146. The molecule has 1 aromatic heterocycles. The van der Waals surface area contributed by atoms with E-state index in [0.29, 0.717) is 31.7 Å². The Bertz CT molecular complexity index is 591. The summed E-state index contributed by atoms with van der Waals surface area (Å²) in [5, 5.41) is 7.52. The van der Waals surface area contributed by atoms with Crippen LogP contribution in [0.25, 0.3) is 0 Å². The summed E-state index contributed by atoms with van der Waals surface area (Å²) in [6.45, 7) is 2.42. The number of aromatic nitrogens is 2. The van der Waals surface area contributed by atoms with Crippen molar-refractivity contribution in [2.75, 3.05) is 33.4 Å². The smallest absolute Gasteiger partial charge is 0.255 e. The average Bonchev–Trinajstić information content (AvgIpc) is 2.62. The van der Waals surface area contributed by atoms with E-state index in [2.05, 4.69) is 10.2 Å². The zero-order valence-electron chi connectivity index (χ0n) is 14.1. The zero-order valence-corrected chi connectivity index (χ0v) is 14.1.